The molecule has 0 radical (unpaired) electrons. The molecule has 4 rings (SSSR count). The first-order chi connectivity index (χ1) is 12.7. The van der Waals surface area contributed by atoms with Gasteiger partial charge in [-0.05, 0) is 19.1 Å². The van der Waals surface area contributed by atoms with Crippen LogP contribution in [0.4, 0.5) is 24.0 Å². The quantitative estimate of drug-likeness (QED) is 0.741. The summed E-state index contributed by atoms with van der Waals surface area (Å²) in [6.45, 7) is 3.67. The molecule has 0 saturated carbocycles. The van der Waals surface area contributed by atoms with E-state index in [0.717, 1.165) is 17.4 Å². The lowest BCUT2D eigenvalue weighted by atomic mass is 10.0. The van der Waals surface area contributed by atoms with E-state index in [9.17, 15) is 18.0 Å². The minimum absolute atomic E-state index is 0.0530. The number of anilines is 2. The highest BCUT2D eigenvalue weighted by molar-refractivity contribution is 7.21. The number of nitrogen functional groups attached to an aromatic ring is 1. The third-order valence-corrected chi connectivity index (χ3v) is 6.01. The lowest BCUT2D eigenvalue weighted by Crippen LogP contribution is -2.45. The van der Waals surface area contributed by atoms with Crippen LogP contribution in [-0.2, 0) is 15.7 Å². The lowest BCUT2D eigenvalue weighted by Gasteiger charge is -2.38. The number of fused-ring (bicyclic) bond motifs is 1. The number of piperidine rings is 1. The van der Waals surface area contributed by atoms with Crippen molar-refractivity contribution in [2.45, 2.75) is 37.8 Å². The van der Waals surface area contributed by atoms with Gasteiger partial charge in [-0.2, -0.15) is 18.2 Å². The highest BCUT2D eigenvalue weighted by Gasteiger charge is 2.43. The number of nitrogens with zero attached hydrogens (tertiary/aromatic N) is 2. The van der Waals surface area contributed by atoms with Crippen LogP contribution in [0, 0.1) is 0 Å². The molecule has 3 heterocycles. The Morgan fingerprint density at radius 3 is 2.63 bits per heavy atom. The Balaban J connectivity index is 1.64. The monoisotopic (exact) mass is 401 g/mol. The Morgan fingerprint density at radius 1 is 1.33 bits per heavy atom. The molecule has 0 amide bonds. The molecular weight excluding hydrogens is 383 g/mol. The van der Waals surface area contributed by atoms with Gasteiger partial charge in [-0.25, -0.2) is 0 Å². The molecule has 6 nitrogen and oxygen atoms in total. The van der Waals surface area contributed by atoms with Gasteiger partial charge in [0.05, 0.1) is 29.3 Å². The van der Waals surface area contributed by atoms with E-state index in [1.165, 1.54) is 6.07 Å². The van der Waals surface area contributed by atoms with Gasteiger partial charge in [0.2, 0.25) is 0 Å². The summed E-state index contributed by atoms with van der Waals surface area (Å²) < 4.78 is 51.1. The highest BCUT2D eigenvalue weighted by atomic mass is 32.1. The topological polar surface area (TPSA) is 77.7 Å². The van der Waals surface area contributed by atoms with Crippen LogP contribution in [0.1, 0.15) is 25.3 Å². The molecule has 2 fully saturated rings. The number of benzene rings is 1. The van der Waals surface area contributed by atoms with Crippen molar-refractivity contribution in [3.8, 4) is 0 Å². The average Bonchev–Trinajstić information content (AvgIpc) is 2.94. The maximum atomic E-state index is 13.0. The molecule has 1 aromatic carbocycles. The Morgan fingerprint density at radius 2 is 2.04 bits per heavy atom. The SMILES string of the molecule is CC1COC2(CCN(c3nc(=O)c4c(N)c(C(F)(F)F)ccc4s3)CC2)O1. The van der Waals surface area contributed by atoms with E-state index in [1.54, 1.807) is 0 Å². The van der Waals surface area contributed by atoms with Crippen molar-refractivity contribution in [1.29, 1.82) is 0 Å². The molecule has 1 aromatic heterocycles. The minimum atomic E-state index is -4.62. The van der Waals surface area contributed by atoms with Crippen molar-refractivity contribution < 1.29 is 22.6 Å². The molecule has 1 spiro atoms. The summed E-state index contributed by atoms with van der Waals surface area (Å²) in [5.41, 5.74) is 3.30. The number of ether oxygens (including phenoxy) is 2. The van der Waals surface area contributed by atoms with Gasteiger partial charge < -0.3 is 20.1 Å². The van der Waals surface area contributed by atoms with Crippen LogP contribution in [0.25, 0.3) is 10.1 Å². The molecule has 2 aliphatic rings. The van der Waals surface area contributed by atoms with E-state index >= 15 is 0 Å². The lowest BCUT2D eigenvalue weighted by molar-refractivity contribution is -0.178. The fourth-order valence-electron chi connectivity index (χ4n) is 3.56. The first-order valence-corrected chi connectivity index (χ1v) is 9.37. The van der Waals surface area contributed by atoms with E-state index in [4.69, 9.17) is 15.2 Å². The Kier molecular flexibility index (Phi) is 4.32. The zero-order chi connectivity index (χ0) is 19.4. The normalized spacial score (nSPS) is 22.7. The van der Waals surface area contributed by atoms with Gasteiger partial charge in [-0.3, -0.25) is 4.79 Å². The smallest absolute Gasteiger partial charge is 0.398 e. The first kappa shape index (κ1) is 18.5. The Hall–Kier alpha value is -1.91. The molecule has 1 unspecified atom stereocenters. The molecule has 0 aliphatic carbocycles. The van der Waals surface area contributed by atoms with Gasteiger partial charge in [0, 0.05) is 30.6 Å². The van der Waals surface area contributed by atoms with Gasteiger partial charge in [-0.15, -0.1) is 0 Å². The number of aromatic nitrogens is 1. The second-order valence-electron chi connectivity index (χ2n) is 6.84. The fraction of sp³-hybridized carbons (Fsp3) is 0.529. The number of alkyl halides is 3. The van der Waals surface area contributed by atoms with Crippen molar-refractivity contribution in [3.63, 3.8) is 0 Å². The maximum Gasteiger partial charge on any atom is 0.418 e. The third-order valence-electron chi connectivity index (χ3n) is 4.92. The van der Waals surface area contributed by atoms with E-state index in [-0.39, 0.29) is 11.5 Å². The van der Waals surface area contributed by atoms with E-state index in [0.29, 0.717) is 42.4 Å². The standard InChI is InChI=1S/C17H18F3N3O3S/c1-9-8-25-16(26-9)4-6-23(7-5-16)15-22-14(24)12-11(27-15)3-2-10(13(12)21)17(18,19)20/h2-3,9H,4-8,21H2,1H3. The van der Waals surface area contributed by atoms with Gasteiger partial charge in [0.1, 0.15) is 0 Å². The molecule has 2 aromatic rings. The van der Waals surface area contributed by atoms with Crippen LogP contribution in [0.2, 0.25) is 0 Å². The van der Waals surface area contributed by atoms with Crippen LogP contribution >= 0.6 is 11.3 Å². The zero-order valence-corrected chi connectivity index (χ0v) is 15.3. The zero-order valence-electron chi connectivity index (χ0n) is 14.5. The molecule has 146 valence electrons. The number of halogens is 3. The molecule has 2 N–H and O–H groups in total. The van der Waals surface area contributed by atoms with Crippen LogP contribution < -0.4 is 16.2 Å². The van der Waals surface area contributed by atoms with Crippen molar-refractivity contribution in [2.24, 2.45) is 0 Å². The largest absolute Gasteiger partial charge is 0.418 e. The van der Waals surface area contributed by atoms with Gasteiger partial charge in [0.15, 0.2) is 10.9 Å². The number of hydrogen-bond donors (Lipinski definition) is 1. The number of nitrogens with two attached hydrogens (primary N) is 1. The molecule has 27 heavy (non-hydrogen) atoms. The third kappa shape index (κ3) is 3.26. The molecule has 2 saturated heterocycles. The molecular formula is C17H18F3N3O3S. The predicted molar refractivity (Wildman–Crippen MR) is 96.0 cm³/mol. The van der Waals surface area contributed by atoms with E-state index in [2.05, 4.69) is 4.98 Å². The van der Waals surface area contributed by atoms with Crippen LogP contribution in [0.15, 0.2) is 16.9 Å². The summed E-state index contributed by atoms with van der Waals surface area (Å²) in [5.74, 6) is -0.580. The summed E-state index contributed by atoms with van der Waals surface area (Å²) in [4.78, 5) is 18.3. The molecule has 0 bridgehead atoms. The summed E-state index contributed by atoms with van der Waals surface area (Å²) in [5, 5.41) is 0.288. The second-order valence-corrected chi connectivity index (χ2v) is 7.85. The van der Waals surface area contributed by atoms with Gasteiger partial charge in [-0.1, -0.05) is 11.3 Å². The minimum Gasteiger partial charge on any atom is -0.398 e. The second kappa shape index (κ2) is 6.32. The summed E-state index contributed by atoms with van der Waals surface area (Å²) >= 11 is 1.16. The molecule has 2 aliphatic heterocycles. The van der Waals surface area contributed by atoms with Gasteiger partial charge >= 0.3 is 6.18 Å². The van der Waals surface area contributed by atoms with Crippen molar-refractivity contribution in [3.05, 3.63) is 28.0 Å². The van der Waals surface area contributed by atoms with Crippen molar-refractivity contribution in [1.82, 2.24) is 4.98 Å². The number of rotatable bonds is 1. The van der Waals surface area contributed by atoms with Crippen molar-refractivity contribution in [2.75, 3.05) is 30.3 Å². The van der Waals surface area contributed by atoms with Crippen LogP contribution in [0.3, 0.4) is 0 Å². The summed E-state index contributed by atoms with van der Waals surface area (Å²) in [6.07, 6.45) is -3.30. The number of hydrogen-bond acceptors (Lipinski definition) is 7. The average molecular weight is 401 g/mol. The summed E-state index contributed by atoms with van der Waals surface area (Å²) in [7, 11) is 0. The Bertz CT molecular complexity index is 939. The van der Waals surface area contributed by atoms with Crippen molar-refractivity contribution >= 4 is 32.2 Å². The predicted octanol–water partition coefficient (Wildman–Crippen LogP) is 2.99. The van der Waals surface area contributed by atoms with Crippen LogP contribution in [-0.4, -0.2) is 36.6 Å². The Labute approximate surface area is 156 Å². The summed E-state index contributed by atoms with van der Waals surface area (Å²) in [6, 6.07) is 2.19. The first-order valence-electron chi connectivity index (χ1n) is 8.56. The van der Waals surface area contributed by atoms with E-state index in [1.807, 2.05) is 11.8 Å². The van der Waals surface area contributed by atoms with Gasteiger partial charge in [0.25, 0.3) is 5.56 Å². The molecule has 1 atom stereocenters. The molecule has 10 heteroatoms. The van der Waals surface area contributed by atoms with E-state index < -0.39 is 28.8 Å². The maximum absolute atomic E-state index is 13.0. The highest BCUT2D eigenvalue weighted by Crippen LogP contribution is 2.39. The van der Waals surface area contributed by atoms with Crippen LogP contribution in [0.5, 0.6) is 0 Å². The fourth-order valence-corrected chi connectivity index (χ4v) is 4.63.